The Bertz CT molecular complexity index is 1050. The van der Waals surface area contributed by atoms with Crippen molar-refractivity contribution < 1.29 is 14.3 Å². The molecule has 0 radical (unpaired) electrons. The number of carbonyl (C=O) groups excluding carboxylic acids is 1. The molecule has 0 atom stereocenters. The van der Waals surface area contributed by atoms with E-state index in [1.165, 1.54) is 0 Å². The van der Waals surface area contributed by atoms with Crippen LogP contribution in [0.1, 0.15) is 16.7 Å². The second-order valence-corrected chi connectivity index (χ2v) is 6.30. The van der Waals surface area contributed by atoms with E-state index in [1.54, 1.807) is 30.3 Å². The zero-order chi connectivity index (χ0) is 19.3. The van der Waals surface area contributed by atoms with Gasteiger partial charge in [0.25, 0.3) is 0 Å². The van der Waals surface area contributed by atoms with Crippen LogP contribution in [0.2, 0.25) is 0 Å². The molecule has 5 heteroatoms. The number of nitrogens with zero attached hydrogens (tertiary/aromatic N) is 1. The maximum atomic E-state index is 12.2. The van der Waals surface area contributed by atoms with Gasteiger partial charge in [-0.2, -0.15) is 0 Å². The van der Waals surface area contributed by atoms with Gasteiger partial charge < -0.3 is 15.2 Å². The summed E-state index contributed by atoms with van der Waals surface area (Å²) in [7, 11) is 0. The Morgan fingerprint density at radius 2 is 1.75 bits per heavy atom. The van der Waals surface area contributed by atoms with Crippen LogP contribution in [0.3, 0.4) is 0 Å². The third kappa shape index (κ3) is 4.10. The van der Waals surface area contributed by atoms with Gasteiger partial charge in [-0.25, -0.2) is 9.79 Å². The molecule has 5 nitrogen and oxygen atoms in total. The molecule has 28 heavy (non-hydrogen) atoms. The highest BCUT2D eigenvalue weighted by atomic mass is 16.6. The third-order valence-corrected chi connectivity index (χ3v) is 4.19. The lowest BCUT2D eigenvalue weighted by Gasteiger charge is -2.07. The molecule has 0 spiro atoms. The smallest absolute Gasteiger partial charge is 0.363 e. The summed E-state index contributed by atoms with van der Waals surface area (Å²) in [6.45, 7) is 0.475. The number of carbonyl (C=O) groups is 1. The van der Waals surface area contributed by atoms with Crippen molar-refractivity contribution in [1.29, 1.82) is 0 Å². The largest absolute Gasteiger partial charge is 0.489 e. The van der Waals surface area contributed by atoms with Gasteiger partial charge in [-0.3, -0.25) is 0 Å². The summed E-state index contributed by atoms with van der Waals surface area (Å²) in [4.78, 5) is 16.5. The molecule has 1 aliphatic rings. The Labute approximate surface area is 162 Å². The van der Waals surface area contributed by atoms with Crippen LogP contribution in [0, 0.1) is 0 Å². The fourth-order valence-corrected chi connectivity index (χ4v) is 2.75. The van der Waals surface area contributed by atoms with Gasteiger partial charge in [0.1, 0.15) is 12.4 Å². The minimum absolute atomic E-state index is 0.243. The lowest BCUT2D eigenvalue weighted by atomic mass is 10.2. The average molecular weight is 370 g/mol. The number of hydrogen-bond acceptors (Lipinski definition) is 5. The fraction of sp³-hybridized carbons (Fsp3) is 0.0435. The van der Waals surface area contributed by atoms with Gasteiger partial charge >= 0.3 is 5.97 Å². The molecule has 4 rings (SSSR count). The molecular weight excluding hydrogens is 352 g/mol. The van der Waals surface area contributed by atoms with Crippen molar-refractivity contribution in [3.05, 3.63) is 101 Å². The van der Waals surface area contributed by atoms with Gasteiger partial charge in [-0.05, 0) is 53.6 Å². The number of rotatable bonds is 5. The van der Waals surface area contributed by atoms with Crippen molar-refractivity contribution >= 4 is 23.6 Å². The maximum Gasteiger partial charge on any atom is 0.363 e. The molecule has 0 bridgehead atoms. The van der Waals surface area contributed by atoms with Gasteiger partial charge in [-0.1, -0.05) is 42.5 Å². The summed E-state index contributed by atoms with van der Waals surface area (Å²) in [5.74, 6) is 0.502. The maximum absolute atomic E-state index is 12.2. The minimum atomic E-state index is -0.484. The predicted molar refractivity (Wildman–Crippen MR) is 109 cm³/mol. The highest BCUT2D eigenvalue weighted by Gasteiger charge is 2.24. The Morgan fingerprint density at radius 1 is 0.964 bits per heavy atom. The summed E-state index contributed by atoms with van der Waals surface area (Å²) >= 11 is 0. The monoisotopic (exact) mass is 370 g/mol. The van der Waals surface area contributed by atoms with E-state index < -0.39 is 5.97 Å². The van der Waals surface area contributed by atoms with E-state index in [4.69, 9.17) is 15.2 Å². The summed E-state index contributed by atoms with van der Waals surface area (Å²) in [6, 6.07) is 24.4. The van der Waals surface area contributed by atoms with Gasteiger partial charge in [-0.15, -0.1) is 0 Å². The number of benzene rings is 3. The van der Waals surface area contributed by atoms with E-state index in [0.717, 1.165) is 11.1 Å². The standard InChI is InChI=1S/C23H18N2O3/c24-19-11-9-18(10-12-19)22-25-21(23(26)28-22)14-17-7-4-8-20(13-17)27-15-16-5-2-1-3-6-16/h1-14H,15,24H2/b21-14+. The van der Waals surface area contributed by atoms with Crippen LogP contribution in [-0.4, -0.2) is 11.9 Å². The van der Waals surface area contributed by atoms with E-state index >= 15 is 0 Å². The lowest BCUT2D eigenvalue weighted by molar-refractivity contribution is -0.129. The topological polar surface area (TPSA) is 73.9 Å². The lowest BCUT2D eigenvalue weighted by Crippen LogP contribution is -2.05. The highest BCUT2D eigenvalue weighted by molar-refractivity contribution is 6.12. The Kier molecular flexibility index (Phi) is 4.89. The van der Waals surface area contributed by atoms with E-state index in [-0.39, 0.29) is 11.6 Å². The average Bonchev–Trinajstić information content (AvgIpc) is 3.08. The van der Waals surface area contributed by atoms with Crippen LogP contribution >= 0.6 is 0 Å². The molecule has 0 saturated carbocycles. The second-order valence-electron chi connectivity index (χ2n) is 6.30. The number of hydrogen-bond donors (Lipinski definition) is 1. The number of cyclic esters (lactones) is 1. The first kappa shape index (κ1) is 17.5. The number of nitrogen functional groups attached to an aromatic ring is 1. The molecule has 138 valence electrons. The highest BCUT2D eigenvalue weighted by Crippen LogP contribution is 2.22. The molecular formula is C23H18N2O3. The summed E-state index contributed by atoms with van der Waals surface area (Å²) in [6.07, 6.45) is 1.68. The van der Waals surface area contributed by atoms with Crippen molar-refractivity contribution in [2.45, 2.75) is 6.61 Å². The number of nitrogens with two attached hydrogens (primary N) is 1. The van der Waals surface area contributed by atoms with Crippen LogP contribution in [0.5, 0.6) is 5.75 Å². The van der Waals surface area contributed by atoms with Crippen LogP contribution in [0.15, 0.2) is 89.6 Å². The molecule has 1 aliphatic heterocycles. The molecule has 2 N–H and O–H groups in total. The zero-order valence-electron chi connectivity index (χ0n) is 15.0. The molecule has 0 aliphatic carbocycles. The molecule has 3 aromatic carbocycles. The van der Waals surface area contributed by atoms with Crippen LogP contribution in [-0.2, 0) is 16.1 Å². The van der Waals surface area contributed by atoms with Crippen LogP contribution < -0.4 is 10.5 Å². The van der Waals surface area contributed by atoms with Crippen molar-refractivity contribution in [1.82, 2.24) is 0 Å². The van der Waals surface area contributed by atoms with Crippen molar-refractivity contribution in [2.75, 3.05) is 5.73 Å². The molecule has 0 saturated heterocycles. The fourth-order valence-electron chi connectivity index (χ4n) is 2.75. The van der Waals surface area contributed by atoms with E-state index in [0.29, 0.717) is 23.6 Å². The zero-order valence-corrected chi connectivity index (χ0v) is 15.0. The first-order valence-corrected chi connectivity index (χ1v) is 8.83. The second kappa shape index (κ2) is 7.80. The Balaban J connectivity index is 1.51. The predicted octanol–water partition coefficient (Wildman–Crippen LogP) is 4.19. The van der Waals surface area contributed by atoms with E-state index in [2.05, 4.69) is 4.99 Å². The molecule has 3 aromatic rings. The SMILES string of the molecule is Nc1ccc(C2=N/C(=C/c3cccc(OCc4ccccc4)c3)C(=O)O2)cc1. The van der Waals surface area contributed by atoms with Crippen molar-refractivity contribution in [2.24, 2.45) is 4.99 Å². The minimum Gasteiger partial charge on any atom is -0.489 e. The molecule has 0 amide bonds. The molecule has 0 unspecified atom stereocenters. The van der Waals surface area contributed by atoms with Crippen LogP contribution in [0.4, 0.5) is 5.69 Å². The van der Waals surface area contributed by atoms with Gasteiger partial charge in [0.2, 0.25) is 5.90 Å². The van der Waals surface area contributed by atoms with Gasteiger partial charge in [0.15, 0.2) is 5.70 Å². The number of ether oxygens (including phenoxy) is 2. The van der Waals surface area contributed by atoms with Crippen LogP contribution in [0.25, 0.3) is 6.08 Å². The normalized spacial score (nSPS) is 14.6. The third-order valence-electron chi connectivity index (χ3n) is 4.19. The van der Waals surface area contributed by atoms with Crippen molar-refractivity contribution in [3.63, 3.8) is 0 Å². The Morgan fingerprint density at radius 3 is 2.54 bits per heavy atom. The Hall–Kier alpha value is -3.86. The number of aliphatic imine (C=N–C) groups is 1. The first-order valence-electron chi connectivity index (χ1n) is 8.83. The van der Waals surface area contributed by atoms with Gasteiger partial charge in [0, 0.05) is 11.3 Å². The molecule has 1 heterocycles. The first-order chi connectivity index (χ1) is 13.7. The summed E-state index contributed by atoms with van der Waals surface area (Å²) in [5, 5.41) is 0. The quantitative estimate of drug-likeness (QED) is 0.415. The molecule has 0 fully saturated rings. The van der Waals surface area contributed by atoms with Crippen molar-refractivity contribution in [3.8, 4) is 5.75 Å². The van der Waals surface area contributed by atoms with E-state index in [1.807, 2.05) is 54.6 Å². The summed E-state index contributed by atoms with van der Waals surface area (Å²) < 4.78 is 11.1. The summed E-state index contributed by atoms with van der Waals surface area (Å²) in [5.41, 5.74) is 9.16. The number of esters is 1. The van der Waals surface area contributed by atoms with E-state index in [9.17, 15) is 4.79 Å². The molecule has 0 aromatic heterocycles. The number of anilines is 1. The van der Waals surface area contributed by atoms with Gasteiger partial charge in [0.05, 0.1) is 0 Å².